The molecule has 0 saturated heterocycles. The van der Waals surface area contributed by atoms with Gasteiger partial charge in [-0.1, -0.05) is 25.6 Å². The van der Waals surface area contributed by atoms with Crippen LogP contribution in [0.15, 0.2) is 5.16 Å². The first kappa shape index (κ1) is 10.6. The molecule has 88 valence electrons. The molecule has 1 unspecified atom stereocenters. The van der Waals surface area contributed by atoms with Crippen LogP contribution in [0.1, 0.15) is 63.7 Å². The molecule has 1 aromatic rings. The van der Waals surface area contributed by atoms with Gasteiger partial charge in [-0.15, -0.1) is 10.2 Å². The highest BCUT2D eigenvalue weighted by Gasteiger charge is 2.36. The van der Waals surface area contributed by atoms with E-state index in [2.05, 4.69) is 28.6 Å². The Morgan fingerprint density at radius 3 is 2.62 bits per heavy atom. The number of hydrogen-bond donors (Lipinski definition) is 0. The van der Waals surface area contributed by atoms with Gasteiger partial charge < -0.3 is 4.57 Å². The monoisotopic (exact) mass is 237 g/mol. The second kappa shape index (κ2) is 4.06. The van der Waals surface area contributed by atoms with E-state index in [0.717, 1.165) is 12.0 Å². The molecule has 2 fully saturated rings. The summed E-state index contributed by atoms with van der Waals surface area (Å²) in [7, 11) is 0. The lowest BCUT2D eigenvalue weighted by Crippen LogP contribution is -2.04. The molecule has 0 bridgehead atoms. The van der Waals surface area contributed by atoms with Crippen molar-refractivity contribution in [2.24, 2.45) is 0 Å². The summed E-state index contributed by atoms with van der Waals surface area (Å²) in [5, 5.41) is 10.6. The van der Waals surface area contributed by atoms with Crippen molar-refractivity contribution >= 4 is 11.8 Å². The third-order valence-electron chi connectivity index (χ3n) is 3.43. The quantitative estimate of drug-likeness (QED) is 0.736. The van der Waals surface area contributed by atoms with Gasteiger partial charge in [-0.3, -0.25) is 0 Å². The van der Waals surface area contributed by atoms with Crippen molar-refractivity contribution in [2.75, 3.05) is 0 Å². The van der Waals surface area contributed by atoms with Gasteiger partial charge in [-0.05, 0) is 32.1 Å². The Kier molecular flexibility index (Phi) is 2.70. The Hall–Kier alpha value is -0.510. The Morgan fingerprint density at radius 2 is 2.06 bits per heavy atom. The summed E-state index contributed by atoms with van der Waals surface area (Å²) in [6.45, 7) is 4.50. The van der Waals surface area contributed by atoms with Crippen LogP contribution in [0.2, 0.25) is 0 Å². The molecule has 3 rings (SSSR count). The van der Waals surface area contributed by atoms with E-state index < -0.39 is 0 Å². The summed E-state index contributed by atoms with van der Waals surface area (Å²) < 4.78 is 2.44. The summed E-state index contributed by atoms with van der Waals surface area (Å²) in [4.78, 5) is 0. The average Bonchev–Trinajstić information content (AvgIpc) is 3.18. The summed E-state index contributed by atoms with van der Waals surface area (Å²) >= 11 is 1.89. The van der Waals surface area contributed by atoms with Crippen molar-refractivity contribution in [1.29, 1.82) is 0 Å². The molecule has 1 atom stereocenters. The van der Waals surface area contributed by atoms with Gasteiger partial charge in [0.2, 0.25) is 0 Å². The number of aromatic nitrogens is 3. The molecule has 0 N–H and O–H groups in total. The Balaban J connectivity index is 1.85. The normalized spacial score (nSPS) is 22.4. The molecule has 2 saturated carbocycles. The van der Waals surface area contributed by atoms with Crippen molar-refractivity contribution in [3.05, 3.63) is 5.82 Å². The van der Waals surface area contributed by atoms with E-state index >= 15 is 0 Å². The van der Waals surface area contributed by atoms with Crippen LogP contribution < -0.4 is 0 Å². The minimum atomic E-state index is 0.647. The maximum Gasteiger partial charge on any atom is 0.191 e. The van der Waals surface area contributed by atoms with Gasteiger partial charge in [0.1, 0.15) is 5.82 Å². The topological polar surface area (TPSA) is 30.7 Å². The van der Waals surface area contributed by atoms with Gasteiger partial charge in [-0.25, -0.2) is 0 Å². The highest BCUT2D eigenvalue weighted by Crippen LogP contribution is 2.46. The molecular formula is C12H19N3S. The maximum absolute atomic E-state index is 4.42. The van der Waals surface area contributed by atoms with Crippen LogP contribution in [0.4, 0.5) is 0 Å². The third kappa shape index (κ3) is 1.99. The van der Waals surface area contributed by atoms with E-state index in [1.54, 1.807) is 0 Å². The average molecular weight is 237 g/mol. The Labute approximate surface area is 101 Å². The SMILES string of the molecule is CCC(C)Sc1nnc(C2CC2)n1C1CC1. The van der Waals surface area contributed by atoms with Crippen LogP contribution in [-0.4, -0.2) is 20.0 Å². The van der Waals surface area contributed by atoms with Gasteiger partial charge in [0, 0.05) is 17.2 Å². The van der Waals surface area contributed by atoms with Crippen molar-refractivity contribution in [3.63, 3.8) is 0 Å². The maximum atomic E-state index is 4.42. The zero-order valence-electron chi connectivity index (χ0n) is 10.0. The lowest BCUT2D eigenvalue weighted by atomic mass is 10.4. The lowest BCUT2D eigenvalue weighted by Gasteiger charge is -2.10. The zero-order chi connectivity index (χ0) is 11.1. The lowest BCUT2D eigenvalue weighted by molar-refractivity contribution is 0.625. The van der Waals surface area contributed by atoms with Gasteiger partial charge >= 0.3 is 0 Å². The zero-order valence-corrected chi connectivity index (χ0v) is 10.8. The minimum absolute atomic E-state index is 0.647. The van der Waals surface area contributed by atoms with Crippen molar-refractivity contribution < 1.29 is 0 Å². The highest BCUT2D eigenvalue weighted by molar-refractivity contribution is 7.99. The summed E-state index contributed by atoms with van der Waals surface area (Å²) in [6, 6.07) is 0.720. The summed E-state index contributed by atoms with van der Waals surface area (Å²) in [5.41, 5.74) is 0. The smallest absolute Gasteiger partial charge is 0.191 e. The predicted octanol–water partition coefficient (Wildman–Crippen LogP) is 3.38. The molecule has 0 aliphatic heterocycles. The van der Waals surface area contributed by atoms with Gasteiger partial charge in [0.05, 0.1) is 0 Å². The number of nitrogens with zero attached hydrogens (tertiary/aromatic N) is 3. The third-order valence-corrected chi connectivity index (χ3v) is 4.65. The van der Waals surface area contributed by atoms with E-state index in [-0.39, 0.29) is 0 Å². The van der Waals surface area contributed by atoms with E-state index in [4.69, 9.17) is 0 Å². The first-order chi connectivity index (χ1) is 7.79. The van der Waals surface area contributed by atoms with Gasteiger partial charge in [0.15, 0.2) is 5.16 Å². The van der Waals surface area contributed by atoms with Crippen LogP contribution >= 0.6 is 11.8 Å². The van der Waals surface area contributed by atoms with Crippen LogP contribution in [0.25, 0.3) is 0 Å². The van der Waals surface area contributed by atoms with Gasteiger partial charge in [0.25, 0.3) is 0 Å². The molecule has 4 heteroatoms. The molecule has 0 amide bonds. The summed E-state index contributed by atoms with van der Waals surface area (Å²) in [5.74, 6) is 1.99. The Bertz CT molecular complexity index is 380. The molecule has 1 heterocycles. The number of thioether (sulfide) groups is 1. The van der Waals surface area contributed by atoms with Gasteiger partial charge in [-0.2, -0.15) is 0 Å². The number of hydrogen-bond acceptors (Lipinski definition) is 3. The van der Waals surface area contributed by atoms with E-state index in [0.29, 0.717) is 5.25 Å². The molecule has 16 heavy (non-hydrogen) atoms. The largest absolute Gasteiger partial charge is 0.303 e. The molecule has 0 aromatic carbocycles. The fourth-order valence-corrected chi connectivity index (χ4v) is 2.90. The Morgan fingerprint density at radius 1 is 1.31 bits per heavy atom. The van der Waals surface area contributed by atoms with Crippen molar-refractivity contribution in [2.45, 2.75) is 68.3 Å². The molecule has 2 aliphatic carbocycles. The van der Waals surface area contributed by atoms with Crippen LogP contribution in [0.5, 0.6) is 0 Å². The van der Waals surface area contributed by atoms with E-state index in [1.807, 2.05) is 11.8 Å². The van der Waals surface area contributed by atoms with E-state index in [1.165, 1.54) is 43.1 Å². The van der Waals surface area contributed by atoms with Crippen LogP contribution in [-0.2, 0) is 0 Å². The molecule has 3 nitrogen and oxygen atoms in total. The fraction of sp³-hybridized carbons (Fsp3) is 0.833. The summed E-state index contributed by atoms with van der Waals surface area (Å²) in [6.07, 6.45) is 6.48. The first-order valence-electron chi connectivity index (χ1n) is 6.41. The second-order valence-corrected chi connectivity index (χ2v) is 6.46. The predicted molar refractivity (Wildman–Crippen MR) is 65.9 cm³/mol. The molecule has 1 aromatic heterocycles. The molecule has 0 radical (unpaired) electrons. The second-order valence-electron chi connectivity index (χ2n) is 5.05. The first-order valence-corrected chi connectivity index (χ1v) is 7.29. The fourth-order valence-electron chi connectivity index (χ4n) is 1.93. The standard InChI is InChI=1S/C12H19N3S/c1-3-8(2)16-12-14-13-11(9-4-5-9)15(12)10-6-7-10/h8-10H,3-7H2,1-2H3. The molecule has 2 aliphatic rings. The van der Waals surface area contributed by atoms with Crippen molar-refractivity contribution in [1.82, 2.24) is 14.8 Å². The van der Waals surface area contributed by atoms with E-state index in [9.17, 15) is 0 Å². The number of rotatable bonds is 5. The molecule has 0 spiro atoms. The van der Waals surface area contributed by atoms with Crippen LogP contribution in [0, 0.1) is 0 Å². The van der Waals surface area contributed by atoms with Crippen molar-refractivity contribution in [3.8, 4) is 0 Å². The molecular weight excluding hydrogens is 218 g/mol. The van der Waals surface area contributed by atoms with Crippen LogP contribution in [0.3, 0.4) is 0 Å². The minimum Gasteiger partial charge on any atom is -0.303 e. The highest BCUT2D eigenvalue weighted by atomic mass is 32.2.